The zero-order valence-electron chi connectivity index (χ0n) is 21.2. The van der Waals surface area contributed by atoms with Gasteiger partial charge in [0.15, 0.2) is 0 Å². The molecule has 0 radical (unpaired) electrons. The molecule has 3 aromatic carbocycles. The summed E-state index contributed by atoms with van der Waals surface area (Å²) >= 11 is 3.38. The summed E-state index contributed by atoms with van der Waals surface area (Å²) in [5.41, 5.74) is 3.64. The molecule has 1 saturated heterocycles. The molecule has 1 heterocycles. The normalized spacial score (nSPS) is 17.4. The predicted octanol–water partition coefficient (Wildman–Crippen LogP) is 7.60. The molecule has 37 heavy (non-hydrogen) atoms. The fourth-order valence-electron chi connectivity index (χ4n) is 5.04. The maximum absolute atomic E-state index is 13.0. The Morgan fingerprint density at radius 2 is 1.51 bits per heavy atom. The van der Waals surface area contributed by atoms with Crippen LogP contribution < -0.4 is 0 Å². The molecule has 4 rings (SSSR count). The van der Waals surface area contributed by atoms with Gasteiger partial charge in [0.05, 0.1) is 9.79 Å². The number of hydrogen-bond acceptors (Lipinski definition) is 5. The monoisotopic (exact) mass is 530 g/mol. The summed E-state index contributed by atoms with van der Waals surface area (Å²) < 4.78 is 5.03. The van der Waals surface area contributed by atoms with E-state index in [0.29, 0.717) is 18.0 Å². The fraction of sp³-hybridized carbons (Fsp3) is 0.290. The van der Waals surface area contributed by atoms with Crippen LogP contribution in [0.25, 0.3) is 0 Å². The molecule has 1 amide bonds. The summed E-state index contributed by atoms with van der Waals surface area (Å²) in [6.07, 6.45) is 5.51. The number of hydrogen-bond donors (Lipinski definition) is 1. The fourth-order valence-corrected chi connectivity index (χ4v) is 7.23. The van der Waals surface area contributed by atoms with E-state index >= 15 is 0 Å². The van der Waals surface area contributed by atoms with E-state index in [1.807, 2.05) is 22.9 Å². The first-order valence-corrected chi connectivity index (χ1v) is 14.7. The molecule has 6 heteroatoms. The standard InChI is InChI=1S/C31H34N2O2S2/c1-3-21-35-30(34)33-23-28(22-27(33)19-20-29(32)36-2)37-31(24-13-7-4-8-14-24,25-15-9-5-10-16-25)26-17-11-6-12-18-26/h3-18,27-28,32H,1,19-23H2,2H3/t27-,28+/m1/s1. The van der Waals surface area contributed by atoms with Gasteiger partial charge in [0.2, 0.25) is 0 Å². The minimum absolute atomic E-state index is 0.0299. The van der Waals surface area contributed by atoms with Crippen LogP contribution >= 0.6 is 23.5 Å². The number of likely N-dealkylation sites (tertiary alicyclic amines) is 1. The molecule has 2 atom stereocenters. The average molecular weight is 531 g/mol. The quantitative estimate of drug-likeness (QED) is 0.127. The van der Waals surface area contributed by atoms with Gasteiger partial charge in [-0.3, -0.25) is 5.41 Å². The van der Waals surface area contributed by atoms with Gasteiger partial charge in [0.25, 0.3) is 0 Å². The molecule has 0 unspecified atom stereocenters. The molecule has 0 aliphatic carbocycles. The molecule has 0 bridgehead atoms. The number of nitrogens with zero attached hydrogens (tertiary/aromatic N) is 1. The highest BCUT2D eigenvalue weighted by Crippen LogP contribution is 2.52. The van der Waals surface area contributed by atoms with Crippen LogP contribution in [0.5, 0.6) is 0 Å². The summed E-state index contributed by atoms with van der Waals surface area (Å²) in [4.78, 5) is 14.9. The van der Waals surface area contributed by atoms with Gasteiger partial charge in [-0.15, -0.1) is 23.5 Å². The second-order valence-electron chi connectivity index (χ2n) is 9.09. The van der Waals surface area contributed by atoms with Crippen molar-refractivity contribution in [2.45, 2.75) is 35.3 Å². The maximum atomic E-state index is 13.0. The molecular formula is C31H34N2O2S2. The minimum atomic E-state index is -0.438. The number of carbonyl (C=O) groups excluding carboxylic acids is 1. The number of thioether (sulfide) groups is 2. The van der Waals surface area contributed by atoms with E-state index in [4.69, 9.17) is 10.1 Å². The summed E-state index contributed by atoms with van der Waals surface area (Å²) in [7, 11) is 0. The van der Waals surface area contributed by atoms with Crippen molar-refractivity contribution in [1.82, 2.24) is 4.90 Å². The van der Waals surface area contributed by atoms with Crippen LogP contribution in [0.1, 0.15) is 36.0 Å². The van der Waals surface area contributed by atoms with Crippen molar-refractivity contribution in [1.29, 1.82) is 5.41 Å². The lowest BCUT2D eigenvalue weighted by atomic mass is 9.84. The number of rotatable bonds is 10. The van der Waals surface area contributed by atoms with E-state index in [0.717, 1.165) is 12.8 Å². The highest BCUT2D eigenvalue weighted by molar-refractivity contribution is 8.13. The first-order chi connectivity index (χ1) is 18.1. The number of benzene rings is 3. The molecular weight excluding hydrogens is 496 g/mol. The van der Waals surface area contributed by atoms with E-state index in [-0.39, 0.29) is 24.0 Å². The van der Waals surface area contributed by atoms with Crippen molar-refractivity contribution in [2.75, 3.05) is 19.4 Å². The van der Waals surface area contributed by atoms with Gasteiger partial charge < -0.3 is 9.64 Å². The van der Waals surface area contributed by atoms with Gasteiger partial charge >= 0.3 is 6.09 Å². The van der Waals surface area contributed by atoms with Crippen molar-refractivity contribution >= 4 is 34.7 Å². The molecule has 0 saturated carbocycles. The largest absolute Gasteiger partial charge is 0.445 e. The van der Waals surface area contributed by atoms with E-state index < -0.39 is 4.75 Å². The smallest absolute Gasteiger partial charge is 0.410 e. The molecule has 1 N–H and O–H groups in total. The highest BCUT2D eigenvalue weighted by Gasteiger charge is 2.44. The SMILES string of the molecule is C=CCOC(=O)N1C[C@@H](SC(c2ccccc2)(c2ccccc2)c2ccccc2)C[C@H]1CCC(=N)SC. The number of ether oxygens (including phenoxy) is 1. The number of carbonyl (C=O) groups is 1. The zero-order valence-corrected chi connectivity index (χ0v) is 22.8. The Kier molecular flexibility index (Phi) is 9.53. The lowest BCUT2D eigenvalue weighted by Crippen LogP contribution is -2.37. The third-order valence-corrected chi connectivity index (χ3v) is 9.20. The maximum Gasteiger partial charge on any atom is 0.410 e. The van der Waals surface area contributed by atoms with Gasteiger partial charge in [-0.2, -0.15) is 0 Å². The Bertz CT molecular complexity index is 1070. The van der Waals surface area contributed by atoms with Crippen molar-refractivity contribution in [3.05, 3.63) is 120 Å². The van der Waals surface area contributed by atoms with Crippen LogP contribution in [0.2, 0.25) is 0 Å². The Hall–Kier alpha value is -2.96. The first kappa shape index (κ1) is 27.1. The number of nitrogens with one attached hydrogen (secondary N) is 1. The topological polar surface area (TPSA) is 53.4 Å². The van der Waals surface area contributed by atoms with Gasteiger partial charge in [0, 0.05) is 17.8 Å². The van der Waals surface area contributed by atoms with Crippen molar-refractivity contribution in [3.8, 4) is 0 Å². The Morgan fingerprint density at radius 1 is 1.00 bits per heavy atom. The first-order valence-electron chi connectivity index (χ1n) is 12.6. The van der Waals surface area contributed by atoms with Crippen molar-refractivity contribution in [2.24, 2.45) is 0 Å². The van der Waals surface area contributed by atoms with E-state index in [9.17, 15) is 4.79 Å². The Labute approximate surface area is 229 Å². The molecule has 3 aromatic rings. The summed E-state index contributed by atoms with van der Waals surface area (Å²) in [6.45, 7) is 4.48. The second kappa shape index (κ2) is 13.0. The van der Waals surface area contributed by atoms with E-state index in [1.165, 1.54) is 28.5 Å². The molecule has 4 nitrogen and oxygen atoms in total. The number of amides is 1. The molecule has 192 valence electrons. The zero-order chi connectivity index (χ0) is 26.1. The molecule has 1 aliphatic rings. The summed E-state index contributed by atoms with van der Waals surface area (Å²) in [5.74, 6) is 0. The van der Waals surface area contributed by atoms with Gasteiger partial charge in [0.1, 0.15) is 6.61 Å². The van der Waals surface area contributed by atoms with Gasteiger partial charge in [-0.1, -0.05) is 104 Å². The van der Waals surface area contributed by atoms with Crippen molar-refractivity contribution < 1.29 is 9.53 Å². The average Bonchev–Trinajstić information content (AvgIpc) is 3.37. The Morgan fingerprint density at radius 3 is 1.97 bits per heavy atom. The van der Waals surface area contributed by atoms with Crippen LogP contribution in [0.4, 0.5) is 4.79 Å². The summed E-state index contributed by atoms with van der Waals surface area (Å²) in [6, 6.07) is 32.0. The molecule has 0 aromatic heterocycles. The summed E-state index contributed by atoms with van der Waals surface area (Å²) in [5, 5.41) is 8.95. The van der Waals surface area contributed by atoms with Crippen LogP contribution in [-0.2, 0) is 9.48 Å². The van der Waals surface area contributed by atoms with Crippen LogP contribution in [0.3, 0.4) is 0 Å². The van der Waals surface area contributed by atoms with Crippen LogP contribution in [-0.4, -0.2) is 46.7 Å². The second-order valence-corrected chi connectivity index (χ2v) is 11.5. The van der Waals surface area contributed by atoms with Gasteiger partial charge in [-0.25, -0.2) is 4.79 Å². The molecule has 0 spiro atoms. The van der Waals surface area contributed by atoms with E-state index in [1.54, 1.807) is 6.08 Å². The molecule has 1 fully saturated rings. The van der Waals surface area contributed by atoms with Crippen LogP contribution in [0, 0.1) is 5.41 Å². The molecule has 1 aliphatic heterocycles. The van der Waals surface area contributed by atoms with Gasteiger partial charge in [-0.05, 0) is 42.2 Å². The lowest BCUT2D eigenvalue weighted by molar-refractivity contribution is 0.107. The third-order valence-electron chi connectivity index (χ3n) is 6.77. The lowest BCUT2D eigenvalue weighted by Gasteiger charge is -2.37. The third kappa shape index (κ3) is 6.31. The minimum Gasteiger partial charge on any atom is -0.445 e. The van der Waals surface area contributed by atoms with Crippen molar-refractivity contribution in [3.63, 3.8) is 0 Å². The predicted molar refractivity (Wildman–Crippen MR) is 158 cm³/mol. The highest BCUT2D eigenvalue weighted by atomic mass is 32.2. The van der Waals surface area contributed by atoms with Crippen LogP contribution in [0.15, 0.2) is 104 Å². The van der Waals surface area contributed by atoms with E-state index in [2.05, 4.69) is 97.6 Å². The Balaban J connectivity index is 1.73.